The second-order valence-electron chi connectivity index (χ2n) is 5.06. The van der Waals surface area contributed by atoms with Gasteiger partial charge in [-0.3, -0.25) is 19.7 Å². The zero-order valence-electron chi connectivity index (χ0n) is 10.8. The lowest BCUT2D eigenvalue weighted by Gasteiger charge is -2.24. The highest BCUT2D eigenvalue weighted by molar-refractivity contribution is 6.04. The second-order valence-corrected chi connectivity index (χ2v) is 5.06. The Balaban J connectivity index is 1.90. The molecule has 0 aliphatic carbocycles. The van der Waals surface area contributed by atoms with Crippen molar-refractivity contribution in [1.29, 1.82) is 0 Å². The van der Waals surface area contributed by atoms with Gasteiger partial charge in [0.05, 0.1) is 6.54 Å². The van der Waals surface area contributed by atoms with Crippen molar-refractivity contribution in [2.45, 2.75) is 31.8 Å². The van der Waals surface area contributed by atoms with Crippen LogP contribution >= 0.6 is 0 Å². The van der Waals surface area contributed by atoms with E-state index in [0.29, 0.717) is 30.4 Å². The van der Waals surface area contributed by atoms with Crippen molar-refractivity contribution >= 4 is 17.7 Å². The van der Waals surface area contributed by atoms with Crippen LogP contribution in [0, 0.1) is 0 Å². The molecule has 3 amide bonds. The Morgan fingerprint density at radius 3 is 2.80 bits per heavy atom. The van der Waals surface area contributed by atoms with Crippen LogP contribution in [0.15, 0.2) is 18.2 Å². The van der Waals surface area contributed by atoms with Crippen molar-refractivity contribution < 1.29 is 19.5 Å². The molecule has 1 atom stereocenters. The summed E-state index contributed by atoms with van der Waals surface area (Å²) in [6, 6.07) is 4.11. The molecule has 1 saturated heterocycles. The van der Waals surface area contributed by atoms with Crippen molar-refractivity contribution in [1.82, 2.24) is 10.2 Å². The molecule has 2 aliphatic rings. The average Bonchev–Trinajstić information content (AvgIpc) is 2.64. The summed E-state index contributed by atoms with van der Waals surface area (Å²) in [5.74, 6) is -0.952. The first-order chi connectivity index (χ1) is 9.58. The molecule has 104 valence electrons. The molecule has 1 aromatic rings. The number of nitrogens with zero attached hydrogens (tertiary/aromatic N) is 1. The van der Waals surface area contributed by atoms with Gasteiger partial charge in [-0.15, -0.1) is 0 Å². The fourth-order valence-electron chi connectivity index (χ4n) is 2.76. The van der Waals surface area contributed by atoms with Crippen molar-refractivity contribution in [3.63, 3.8) is 0 Å². The number of phenolic OH excluding ortho intramolecular Hbond substituents is 1. The summed E-state index contributed by atoms with van der Waals surface area (Å²) in [7, 11) is 0. The molecule has 0 aromatic heterocycles. The molecule has 0 saturated carbocycles. The molecule has 1 aromatic carbocycles. The van der Waals surface area contributed by atoms with Gasteiger partial charge in [0, 0.05) is 17.5 Å². The lowest BCUT2D eigenvalue weighted by Crippen LogP contribution is -2.46. The summed E-state index contributed by atoms with van der Waals surface area (Å²) in [5.41, 5.74) is 0.967. The van der Waals surface area contributed by atoms with Gasteiger partial charge < -0.3 is 10.0 Å². The molecule has 3 rings (SSSR count). The Hall–Kier alpha value is -2.37. The predicted octanol–water partition coefficient (Wildman–Crippen LogP) is 0.543. The van der Waals surface area contributed by atoms with E-state index in [4.69, 9.17) is 0 Å². The van der Waals surface area contributed by atoms with Gasteiger partial charge in [-0.25, -0.2) is 0 Å². The van der Waals surface area contributed by atoms with E-state index in [-0.39, 0.29) is 24.1 Å². The Bertz CT molecular complexity index is 611. The largest absolute Gasteiger partial charge is 0.508 e. The first kappa shape index (κ1) is 12.7. The number of carbonyl (C=O) groups excluding carboxylic acids is 3. The van der Waals surface area contributed by atoms with Gasteiger partial charge in [-0.2, -0.15) is 0 Å². The van der Waals surface area contributed by atoms with Crippen molar-refractivity contribution in [3.8, 4) is 5.75 Å². The van der Waals surface area contributed by atoms with Crippen LogP contribution in [0.4, 0.5) is 0 Å². The molecule has 20 heavy (non-hydrogen) atoms. The van der Waals surface area contributed by atoms with Crippen LogP contribution in [0.25, 0.3) is 0 Å². The molecule has 1 fully saturated rings. The van der Waals surface area contributed by atoms with Crippen molar-refractivity contribution in [2.24, 2.45) is 0 Å². The zero-order chi connectivity index (χ0) is 14.3. The molecule has 0 spiro atoms. The number of fused-ring (bicyclic) bond motifs is 1. The van der Waals surface area contributed by atoms with Crippen molar-refractivity contribution in [3.05, 3.63) is 29.3 Å². The minimum Gasteiger partial charge on any atom is -0.508 e. The maximum atomic E-state index is 12.3. The third-order valence-corrected chi connectivity index (χ3v) is 3.79. The van der Waals surface area contributed by atoms with E-state index in [1.165, 1.54) is 11.0 Å². The summed E-state index contributed by atoms with van der Waals surface area (Å²) in [4.78, 5) is 37.1. The molecule has 2 heterocycles. The van der Waals surface area contributed by atoms with E-state index in [0.717, 1.165) is 0 Å². The summed E-state index contributed by atoms with van der Waals surface area (Å²) >= 11 is 0. The third-order valence-electron chi connectivity index (χ3n) is 3.79. The van der Waals surface area contributed by atoms with E-state index in [9.17, 15) is 19.5 Å². The van der Waals surface area contributed by atoms with Crippen LogP contribution in [0.3, 0.4) is 0 Å². The first-order valence-electron chi connectivity index (χ1n) is 6.53. The number of amides is 3. The normalized spacial score (nSPS) is 22.5. The molecule has 0 bridgehead atoms. The van der Waals surface area contributed by atoms with Gasteiger partial charge in [0.15, 0.2) is 0 Å². The second kappa shape index (κ2) is 4.63. The molecule has 6 heteroatoms. The smallest absolute Gasteiger partial charge is 0.255 e. The van der Waals surface area contributed by atoms with Gasteiger partial charge in [0.25, 0.3) is 5.91 Å². The number of nitrogens with one attached hydrogen (secondary N) is 1. The number of benzene rings is 1. The average molecular weight is 274 g/mol. The zero-order valence-corrected chi connectivity index (χ0v) is 10.8. The number of imide groups is 1. The Labute approximate surface area is 115 Å². The van der Waals surface area contributed by atoms with Crippen LogP contribution in [-0.4, -0.2) is 33.8 Å². The summed E-state index contributed by atoms with van der Waals surface area (Å²) in [6.45, 7) is 0.202. The molecule has 2 N–H and O–H groups in total. The van der Waals surface area contributed by atoms with Gasteiger partial charge in [-0.05, 0) is 25.0 Å². The quantitative estimate of drug-likeness (QED) is 0.732. The highest BCUT2D eigenvalue weighted by Crippen LogP contribution is 2.32. The molecule has 2 aliphatic heterocycles. The fourth-order valence-corrected chi connectivity index (χ4v) is 2.76. The highest BCUT2D eigenvalue weighted by Gasteiger charge is 2.38. The van der Waals surface area contributed by atoms with E-state index in [2.05, 4.69) is 5.32 Å². The summed E-state index contributed by atoms with van der Waals surface area (Å²) in [5, 5.41) is 12.1. The third kappa shape index (κ3) is 1.93. The first-order valence-corrected chi connectivity index (χ1v) is 6.53. The molecule has 1 unspecified atom stereocenters. The highest BCUT2D eigenvalue weighted by atomic mass is 16.3. The lowest BCUT2D eigenvalue weighted by atomic mass is 10.1. The molecular formula is C14H14N2O4. The minimum absolute atomic E-state index is 0.0588. The van der Waals surface area contributed by atoms with Crippen LogP contribution in [0.2, 0.25) is 0 Å². The monoisotopic (exact) mass is 274 g/mol. The molecule has 6 nitrogen and oxygen atoms in total. The van der Waals surface area contributed by atoms with Gasteiger partial charge >= 0.3 is 0 Å². The minimum atomic E-state index is -0.652. The Kier molecular flexibility index (Phi) is 2.93. The number of rotatable bonds is 1. The van der Waals surface area contributed by atoms with Gasteiger partial charge in [0.2, 0.25) is 11.8 Å². The van der Waals surface area contributed by atoms with Gasteiger partial charge in [0.1, 0.15) is 11.8 Å². The molecular weight excluding hydrogens is 260 g/mol. The van der Waals surface area contributed by atoms with Crippen LogP contribution in [-0.2, 0) is 16.1 Å². The van der Waals surface area contributed by atoms with Crippen LogP contribution in [0.5, 0.6) is 5.75 Å². The predicted molar refractivity (Wildman–Crippen MR) is 68.8 cm³/mol. The number of hydrogen-bond donors (Lipinski definition) is 2. The number of carbonyl (C=O) groups is 3. The molecule has 0 radical (unpaired) electrons. The Morgan fingerprint density at radius 1 is 1.25 bits per heavy atom. The standard InChI is InChI=1S/C14H14N2O4/c17-11-5-1-3-8-9(11)7-16(14(8)20)10-4-2-6-12(18)15-13(10)19/h1,3,5,10,17H,2,4,6-7H2,(H,15,18,19). The number of hydrogen-bond acceptors (Lipinski definition) is 4. The van der Waals surface area contributed by atoms with E-state index in [1.807, 2.05) is 0 Å². The van der Waals surface area contributed by atoms with E-state index < -0.39 is 11.9 Å². The van der Waals surface area contributed by atoms with Gasteiger partial charge in [-0.1, -0.05) is 6.07 Å². The number of phenols is 1. The van der Waals surface area contributed by atoms with E-state index >= 15 is 0 Å². The van der Waals surface area contributed by atoms with Crippen LogP contribution in [0.1, 0.15) is 35.2 Å². The van der Waals surface area contributed by atoms with Crippen LogP contribution < -0.4 is 5.32 Å². The topological polar surface area (TPSA) is 86.7 Å². The maximum Gasteiger partial charge on any atom is 0.255 e. The number of aromatic hydroxyl groups is 1. The SMILES string of the molecule is O=C1CCCC(N2Cc3c(O)cccc3C2=O)C(=O)N1. The fraction of sp³-hybridized carbons (Fsp3) is 0.357. The maximum absolute atomic E-state index is 12.3. The summed E-state index contributed by atoms with van der Waals surface area (Å²) in [6.07, 6.45) is 1.31. The summed E-state index contributed by atoms with van der Waals surface area (Å²) < 4.78 is 0. The Morgan fingerprint density at radius 2 is 2.05 bits per heavy atom. The van der Waals surface area contributed by atoms with Crippen molar-refractivity contribution in [2.75, 3.05) is 0 Å². The lowest BCUT2D eigenvalue weighted by molar-refractivity contribution is -0.132. The van der Waals surface area contributed by atoms with E-state index in [1.54, 1.807) is 12.1 Å².